The van der Waals surface area contributed by atoms with Crippen LogP contribution in [-0.4, -0.2) is 25.8 Å². The number of carbonyl (C=O) groups is 1. The standard InChI is InChI=1S/C18H17N5O5S/c19-11-14(18(24)22-16-3-1-2-4-17(16)23(25)26)12-21-10-9-13-5-7-15(8-6-13)29(20,27)28/h1-8,12,21H,9-10H2,(H,22,24)(H2,20,27,28)/b14-12-. The summed E-state index contributed by atoms with van der Waals surface area (Å²) in [5.74, 6) is -0.785. The topological polar surface area (TPSA) is 168 Å². The summed E-state index contributed by atoms with van der Waals surface area (Å²) in [5.41, 5.74) is 0.265. The second kappa shape index (κ2) is 9.45. The Morgan fingerprint density at radius 1 is 1.21 bits per heavy atom. The van der Waals surface area contributed by atoms with Gasteiger partial charge in [0.05, 0.1) is 9.82 Å². The Morgan fingerprint density at radius 3 is 2.45 bits per heavy atom. The van der Waals surface area contributed by atoms with Crippen LogP contribution in [0.4, 0.5) is 11.4 Å². The first kappa shape index (κ1) is 21.5. The molecule has 2 rings (SSSR count). The summed E-state index contributed by atoms with van der Waals surface area (Å²) in [4.78, 5) is 22.5. The van der Waals surface area contributed by atoms with Crippen LogP contribution < -0.4 is 15.8 Å². The molecule has 0 aromatic heterocycles. The van der Waals surface area contributed by atoms with Crippen molar-refractivity contribution in [3.63, 3.8) is 0 Å². The van der Waals surface area contributed by atoms with Crippen molar-refractivity contribution in [2.45, 2.75) is 11.3 Å². The predicted molar refractivity (Wildman–Crippen MR) is 105 cm³/mol. The fourth-order valence-corrected chi connectivity index (χ4v) is 2.83. The average molecular weight is 415 g/mol. The second-order valence-corrected chi connectivity index (χ2v) is 7.35. The second-order valence-electron chi connectivity index (χ2n) is 5.79. The molecule has 0 saturated carbocycles. The van der Waals surface area contributed by atoms with Gasteiger partial charge in [-0.1, -0.05) is 24.3 Å². The number of nitro groups is 1. The lowest BCUT2D eigenvalue weighted by molar-refractivity contribution is -0.383. The van der Waals surface area contributed by atoms with Crippen molar-refractivity contribution >= 4 is 27.3 Å². The molecule has 0 unspecified atom stereocenters. The van der Waals surface area contributed by atoms with Crippen molar-refractivity contribution < 1.29 is 18.1 Å². The third kappa shape index (κ3) is 6.13. The summed E-state index contributed by atoms with van der Waals surface area (Å²) in [7, 11) is -3.75. The minimum atomic E-state index is -3.75. The van der Waals surface area contributed by atoms with Crippen LogP contribution in [-0.2, 0) is 21.2 Å². The Hall–Kier alpha value is -3.75. The van der Waals surface area contributed by atoms with Gasteiger partial charge >= 0.3 is 0 Å². The number of sulfonamides is 1. The fourth-order valence-electron chi connectivity index (χ4n) is 2.31. The highest BCUT2D eigenvalue weighted by atomic mass is 32.2. The fraction of sp³-hybridized carbons (Fsp3) is 0.111. The Morgan fingerprint density at radius 2 is 1.86 bits per heavy atom. The van der Waals surface area contributed by atoms with Crippen molar-refractivity contribution in [1.82, 2.24) is 5.32 Å². The molecule has 0 aliphatic rings. The number of nitrogens with two attached hydrogens (primary N) is 1. The number of hydrogen-bond donors (Lipinski definition) is 3. The number of benzene rings is 2. The normalized spacial score (nSPS) is 11.4. The molecule has 150 valence electrons. The van der Waals surface area contributed by atoms with Crippen LogP contribution in [0.25, 0.3) is 0 Å². The number of para-hydroxylation sites is 2. The molecule has 29 heavy (non-hydrogen) atoms. The molecule has 0 atom stereocenters. The molecule has 0 radical (unpaired) electrons. The molecule has 1 amide bonds. The van der Waals surface area contributed by atoms with Gasteiger partial charge in [-0.25, -0.2) is 13.6 Å². The van der Waals surface area contributed by atoms with Gasteiger partial charge in [0, 0.05) is 18.8 Å². The zero-order chi connectivity index (χ0) is 21.4. The number of hydrogen-bond acceptors (Lipinski definition) is 7. The van der Waals surface area contributed by atoms with Gasteiger partial charge in [-0.3, -0.25) is 14.9 Å². The highest BCUT2D eigenvalue weighted by Gasteiger charge is 2.17. The SMILES string of the molecule is N#C/C(=C/NCCc1ccc(S(N)(=O)=O)cc1)C(=O)Nc1ccccc1[N+](=O)[O-]. The number of carbonyl (C=O) groups excluding carboxylic acids is 1. The first-order chi connectivity index (χ1) is 13.7. The molecule has 0 aliphatic carbocycles. The maximum absolute atomic E-state index is 12.2. The largest absolute Gasteiger partial charge is 0.389 e. The minimum Gasteiger partial charge on any atom is -0.389 e. The van der Waals surface area contributed by atoms with Crippen LogP contribution in [0.3, 0.4) is 0 Å². The van der Waals surface area contributed by atoms with Crippen LogP contribution in [0.5, 0.6) is 0 Å². The molecule has 0 fully saturated rings. The van der Waals surface area contributed by atoms with Crippen LogP contribution in [0.1, 0.15) is 5.56 Å². The zero-order valence-corrected chi connectivity index (χ0v) is 15.8. The van der Waals surface area contributed by atoms with Crippen LogP contribution >= 0.6 is 0 Å². The van der Waals surface area contributed by atoms with E-state index in [0.717, 1.165) is 5.56 Å². The van der Waals surface area contributed by atoms with Gasteiger partial charge in [0.1, 0.15) is 17.3 Å². The molecule has 0 aliphatic heterocycles. The number of nitrogens with one attached hydrogen (secondary N) is 2. The molecule has 11 heteroatoms. The van der Waals surface area contributed by atoms with Crippen molar-refractivity contribution in [2.75, 3.05) is 11.9 Å². The van der Waals surface area contributed by atoms with E-state index in [0.29, 0.717) is 13.0 Å². The van der Waals surface area contributed by atoms with E-state index < -0.39 is 20.9 Å². The monoisotopic (exact) mass is 415 g/mol. The maximum atomic E-state index is 12.2. The van der Waals surface area contributed by atoms with E-state index in [-0.39, 0.29) is 21.8 Å². The van der Waals surface area contributed by atoms with Crippen LogP contribution in [0.2, 0.25) is 0 Å². The third-order valence-electron chi connectivity index (χ3n) is 3.77. The van der Waals surface area contributed by atoms with E-state index in [1.807, 2.05) is 0 Å². The predicted octanol–water partition coefficient (Wildman–Crippen LogP) is 1.42. The number of amides is 1. The van der Waals surface area contributed by atoms with Crippen molar-refractivity contribution in [2.24, 2.45) is 5.14 Å². The van der Waals surface area contributed by atoms with Gasteiger partial charge in [-0.2, -0.15) is 5.26 Å². The Bertz CT molecular complexity index is 1090. The Balaban J connectivity index is 1.96. The highest BCUT2D eigenvalue weighted by molar-refractivity contribution is 7.89. The molecule has 10 nitrogen and oxygen atoms in total. The summed E-state index contributed by atoms with van der Waals surface area (Å²) >= 11 is 0. The number of nitrogens with zero attached hydrogens (tertiary/aromatic N) is 2. The maximum Gasteiger partial charge on any atom is 0.292 e. The quantitative estimate of drug-likeness (QED) is 0.192. The van der Waals surface area contributed by atoms with Gasteiger partial charge in [0.25, 0.3) is 11.6 Å². The number of nitriles is 1. The van der Waals surface area contributed by atoms with Crippen molar-refractivity contribution in [3.8, 4) is 6.07 Å². The van der Waals surface area contributed by atoms with Crippen LogP contribution in [0.15, 0.2) is 65.2 Å². The molecular weight excluding hydrogens is 398 g/mol. The summed E-state index contributed by atoms with van der Waals surface area (Å²) < 4.78 is 22.4. The van der Waals surface area contributed by atoms with Crippen LogP contribution in [0, 0.1) is 21.4 Å². The number of anilines is 1. The van der Waals surface area contributed by atoms with E-state index in [4.69, 9.17) is 10.4 Å². The molecule has 4 N–H and O–H groups in total. The van der Waals surface area contributed by atoms with Crippen molar-refractivity contribution in [1.29, 1.82) is 5.26 Å². The first-order valence-corrected chi connectivity index (χ1v) is 9.77. The smallest absolute Gasteiger partial charge is 0.292 e. The van der Waals surface area contributed by atoms with E-state index in [2.05, 4.69) is 10.6 Å². The van der Waals surface area contributed by atoms with E-state index in [1.165, 1.54) is 42.6 Å². The van der Waals surface area contributed by atoms with E-state index in [1.54, 1.807) is 18.2 Å². The molecule has 0 saturated heterocycles. The van der Waals surface area contributed by atoms with Gasteiger partial charge < -0.3 is 10.6 Å². The van der Waals surface area contributed by atoms with Crippen molar-refractivity contribution in [3.05, 3.63) is 76.0 Å². The summed E-state index contributed by atoms with van der Waals surface area (Å²) in [5, 5.41) is 30.3. The van der Waals surface area contributed by atoms with Gasteiger partial charge in [-0.15, -0.1) is 0 Å². The molecular formula is C18H17N5O5S. The highest BCUT2D eigenvalue weighted by Crippen LogP contribution is 2.23. The minimum absolute atomic E-state index is 0.00699. The lowest BCUT2D eigenvalue weighted by Crippen LogP contribution is -2.18. The third-order valence-corrected chi connectivity index (χ3v) is 4.70. The Kier molecular flexibility index (Phi) is 7.02. The molecule has 2 aromatic rings. The zero-order valence-electron chi connectivity index (χ0n) is 15.0. The molecule has 0 bridgehead atoms. The Labute approximate surface area is 166 Å². The summed E-state index contributed by atoms with van der Waals surface area (Å²) in [6.45, 7) is 0.360. The lowest BCUT2D eigenvalue weighted by Gasteiger charge is -2.06. The van der Waals surface area contributed by atoms with E-state index >= 15 is 0 Å². The average Bonchev–Trinajstić information content (AvgIpc) is 2.68. The summed E-state index contributed by atoms with van der Waals surface area (Å²) in [6.07, 6.45) is 1.70. The molecule has 2 aromatic carbocycles. The molecule has 0 spiro atoms. The number of primary sulfonamides is 1. The number of nitro benzene ring substituents is 1. The molecule has 0 heterocycles. The van der Waals surface area contributed by atoms with Gasteiger partial charge in [0.2, 0.25) is 10.0 Å². The van der Waals surface area contributed by atoms with Gasteiger partial charge in [-0.05, 0) is 30.2 Å². The van der Waals surface area contributed by atoms with Gasteiger partial charge in [0.15, 0.2) is 0 Å². The summed E-state index contributed by atoms with van der Waals surface area (Å²) in [6, 6.07) is 13.3. The number of rotatable bonds is 8. The first-order valence-electron chi connectivity index (χ1n) is 8.22. The van der Waals surface area contributed by atoms with E-state index in [9.17, 15) is 23.3 Å². The lowest BCUT2D eigenvalue weighted by atomic mass is 10.1.